The number of hydrogen-bond donors (Lipinski definition) is 1. The van der Waals surface area contributed by atoms with E-state index in [4.69, 9.17) is 0 Å². The molecule has 0 spiro atoms. The van der Waals surface area contributed by atoms with Crippen LogP contribution in [0.2, 0.25) is 0 Å². The van der Waals surface area contributed by atoms with Gasteiger partial charge in [-0.15, -0.1) is 11.8 Å². The summed E-state index contributed by atoms with van der Waals surface area (Å²) in [6.07, 6.45) is 0. The van der Waals surface area contributed by atoms with Crippen molar-refractivity contribution in [2.75, 3.05) is 5.88 Å². The average Bonchev–Trinajstić information content (AvgIpc) is 2.97. The SMILES string of the molecule is CC(C)(C)C(c1ccc(O)cc1)(C1SCN(Cc2ccccc2)C1=O)C(C)(C)C. The first-order valence-corrected chi connectivity index (χ1v) is 11.3. The molecule has 3 nitrogen and oxygen atoms in total. The van der Waals surface area contributed by atoms with Gasteiger partial charge in [0.25, 0.3) is 0 Å². The number of phenolic OH excluding ortho intramolecular Hbond substituents is 1. The molecule has 4 heteroatoms. The van der Waals surface area contributed by atoms with Crippen molar-refractivity contribution < 1.29 is 9.90 Å². The summed E-state index contributed by atoms with van der Waals surface area (Å²) in [5.74, 6) is 1.16. The number of carbonyl (C=O) groups excluding carboxylic acids is 1. The number of aromatic hydroxyl groups is 1. The molecule has 1 saturated heterocycles. The maximum absolute atomic E-state index is 13.7. The molecule has 2 aromatic carbocycles. The van der Waals surface area contributed by atoms with Crippen molar-refractivity contribution in [2.45, 2.75) is 58.8 Å². The molecule has 1 amide bonds. The van der Waals surface area contributed by atoms with Crippen LogP contribution in [0, 0.1) is 10.8 Å². The molecule has 0 bridgehead atoms. The van der Waals surface area contributed by atoms with E-state index >= 15 is 0 Å². The zero-order chi connectivity index (χ0) is 21.4. The topological polar surface area (TPSA) is 40.5 Å². The molecule has 0 radical (unpaired) electrons. The highest BCUT2D eigenvalue weighted by Crippen LogP contribution is 2.60. The summed E-state index contributed by atoms with van der Waals surface area (Å²) in [4.78, 5) is 15.7. The van der Waals surface area contributed by atoms with E-state index in [9.17, 15) is 9.90 Å². The van der Waals surface area contributed by atoms with Crippen LogP contribution in [0.4, 0.5) is 0 Å². The minimum atomic E-state index is -0.402. The maximum atomic E-state index is 13.7. The van der Waals surface area contributed by atoms with Gasteiger partial charge in [-0.25, -0.2) is 0 Å². The largest absolute Gasteiger partial charge is 0.508 e. The van der Waals surface area contributed by atoms with Gasteiger partial charge in [-0.05, 0) is 34.1 Å². The Bertz CT molecular complexity index is 833. The van der Waals surface area contributed by atoms with E-state index in [1.807, 2.05) is 35.2 Å². The second kappa shape index (κ2) is 7.71. The minimum absolute atomic E-state index is 0.168. The molecule has 1 fully saturated rings. The average molecular weight is 412 g/mol. The quantitative estimate of drug-likeness (QED) is 0.689. The van der Waals surface area contributed by atoms with Crippen LogP contribution in [0.25, 0.3) is 0 Å². The molecular weight excluding hydrogens is 378 g/mol. The molecular formula is C25H33NO2S. The van der Waals surface area contributed by atoms with Crippen LogP contribution in [0.3, 0.4) is 0 Å². The number of amides is 1. The highest BCUT2D eigenvalue weighted by atomic mass is 32.2. The van der Waals surface area contributed by atoms with Crippen LogP contribution < -0.4 is 0 Å². The van der Waals surface area contributed by atoms with Gasteiger partial charge >= 0.3 is 0 Å². The van der Waals surface area contributed by atoms with E-state index in [1.165, 1.54) is 0 Å². The molecule has 1 aliphatic rings. The van der Waals surface area contributed by atoms with Crippen molar-refractivity contribution in [2.24, 2.45) is 10.8 Å². The van der Waals surface area contributed by atoms with E-state index < -0.39 is 5.41 Å². The van der Waals surface area contributed by atoms with Gasteiger partial charge < -0.3 is 10.0 Å². The van der Waals surface area contributed by atoms with Crippen molar-refractivity contribution in [3.8, 4) is 5.75 Å². The maximum Gasteiger partial charge on any atom is 0.237 e. The fourth-order valence-corrected chi connectivity index (χ4v) is 7.29. The lowest BCUT2D eigenvalue weighted by Crippen LogP contribution is -2.59. The lowest BCUT2D eigenvalue weighted by atomic mass is 9.49. The van der Waals surface area contributed by atoms with Crippen LogP contribution in [0.15, 0.2) is 54.6 Å². The molecule has 1 heterocycles. The van der Waals surface area contributed by atoms with Crippen LogP contribution in [0.5, 0.6) is 5.75 Å². The number of phenols is 1. The molecule has 0 saturated carbocycles. The Balaban J connectivity index is 2.07. The Hall–Kier alpha value is -1.94. The molecule has 1 unspecified atom stereocenters. The first kappa shape index (κ1) is 21.8. The van der Waals surface area contributed by atoms with Crippen LogP contribution in [-0.4, -0.2) is 27.0 Å². The Labute approximate surface area is 179 Å². The van der Waals surface area contributed by atoms with Crippen LogP contribution >= 0.6 is 11.8 Å². The molecule has 156 valence electrons. The van der Waals surface area contributed by atoms with Crippen molar-refractivity contribution in [3.05, 3.63) is 65.7 Å². The van der Waals surface area contributed by atoms with E-state index in [0.717, 1.165) is 11.1 Å². The van der Waals surface area contributed by atoms with Gasteiger partial charge in [-0.1, -0.05) is 84.0 Å². The number of rotatable bonds is 4. The predicted octanol–water partition coefficient (Wildman–Crippen LogP) is 5.82. The van der Waals surface area contributed by atoms with E-state index in [1.54, 1.807) is 23.9 Å². The molecule has 0 aliphatic carbocycles. The summed E-state index contributed by atoms with van der Waals surface area (Å²) in [5.41, 5.74) is 1.53. The number of nitrogens with zero attached hydrogens (tertiary/aromatic N) is 1. The summed E-state index contributed by atoms with van der Waals surface area (Å²) in [5, 5.41) is 9.69. The molecule has 2 aromatic rings. The van der Waals surface area contributed by atoms with E-state index in [-0.39, 0.29) is 27.7 Å². The number of thioether (sulfide) groups is 1. The van der Waals surface area contributed by atoms with Gasteiger partial charge in [0.2, 0.25) is 5.91 Å². The molecule has 29 heavy (non-hydrogen) atoms. The van der Waals surface area contributed by atoms with Crippen molar-refractivity contribution in [3.63, 3.8) is 0 Å². The smallest absolute Gasteiger partial charge is 0.237 e. The molecule has 0 aromatic heterocycles. The summed E-state index contributed by atoms with van der Waals surface area (Å²) in [6.45, 7) is 14.1. The molecule has 1 aliphatic heterocycles. The van der Waals surface area contributed by atoms with E-state index in [0.29, 0.717) is 12.4 Å². The van der Waals surface area contributed by atoms with Gasteiger partial charge in [0.1, 0.15) is 5.75 Å². The van der Waals surface area contributed by atoms with Gasteiger partial charge in [0.15, 0.2) is 0 Å². The first-order chi connectivity index (χ1) is 13.5. The summed E-state index contributed by atoms with van der Waals surface area (Å²) >= 11 is 1.75. The van der Waals surface area contributed by atoms with Gasteiger partial charge in [-0.3, -0.25) is 4.79 Å². The van der Waals surface area contributed by atoms with Gasteiger partial charge in [0.05, 0.1) is 11.1 Å². The standard InChI is InChI=1S/C25H33NO2S/c1-23(2,3)25(24(4,5)6,19-12-14-20(27)15-13-19)21-22(28)26(17-29-21)16-18-10-8-7-9-11-18/h7-15,21,27H,16-17H2,1-6H3. The fourth-order valence-electron chi connectivity index (χ4n) is 5.36. The second-order valence-corrected chi connectivity index (χ2v) is 11.1. The predicted molar refractivity (Wildman–Crippen MR) is 122 cm³/mol. The highest BCUT2D eigenvalue weighted by Gasteiger charge is 2.61. The highest BCUT2D eigenvalue weighted by molar-refractivity contribution is 8.01. The van der Waals surface area contributed by atoms with E-state index in [2.05, 4.69) is 53.7 Å². The third kappa shape index (κ3) is 3.79. The lowest BCUT2D eigenvalue weighted by Gasteiger charge is -2.56. The summed E-state index contributed by atoms with van der Waals surface area (Å²) < 4.78 is 0. The van der Waals surface area contributed by atoms with Gasteiger partial charge in [0, 0.05) is 12.0 Å². The van der Waals surface area contributed by atoms with Crippen molar-refractivity contribution >= 4 is 17.7 Å². The zero-order valence-electron chi connectivity index (χ0n) is 18.4. The Morgan fingerprint density at radius 1 is 0.931 bits per heavy atom. The minimum Gasteiger partial charge on any atom is -0.508 e. The van der Waals surface area contributed by atoms with Crippen molar-refractivity contribution in [1.82, 2.24) is 4.90 Å². The molecule has 3 rings (SSSR count). The number of hydrogen-bond acceptors (Lipinski definition) is 3. The Morgan fingerprint density at radius 2 is 1.48 bits per heavy atom. The monoisotopic (exact) mass is 411 g/mol. The number of carbonyl (C=O) groups is 1. The Kier molecular flexibility index (Phi) is 5.79. The van der Waals surface area contributed by atoms with Gasteiger partial charge in [-0.2, -0.15) is 0 Å². The van der Waals surface area contributed by atoms with Crippen LogP contribution in [0.1, 0.15) is 52.7 Å². The molecule has 1 N–H and O–H groups in total. The second-order valence-electron chi connectivity index (χ2n) is 10.1. The van der Waals surface area contributed by atoms with Crippen molar-refractivity contribution in [1.29, 1.82) is 0 Å². The third-order valence-corrected chi connectivity index (χ3v) is 7.58. The summed E-state index contributed by atoms with van der Waals surface area (Å²) in [6, 6.07) is 17.7. The first-order valence-electron chi connectivity index (χ1n) is 10.2. The normalized spacial score (nSPS) is 18.3. The third-order valence-electron chi connectivity index (χ3n) is 6.23. The Morgan fingerprint density at radius 3 is 2.00 bits per heavy atom. The molecule has 1 atom stereocenters. The lowest BCUT2D eigenvalue weighted by molar-refractivity contribution is -0.133. The summed E-state index contributed by atoms with van der Waals surface area (Å²) in [7, 11) is 0. The fraction of sp³-hybridized carbons (Fsp3) is 0.480. The number of benzene rings is 2. The zero-order valence-corrected chi connectivity index (χ0v) is 19.2. The van der Waals surface area contributed by atoms with Crippen LogP contribution in [-0.2, 0) is 16.8 Å².